The third kappa shape index (κ3) is 3.55. The van der Waals surface area contributed by atoms with Crippen molar-refractivity contribution < 1.29 is 5.11 Å². The first-order chi connectivity index (χ1) is 9.24. The van der Waals surface area contributed by atoms with E-state index in [4.69, 9.17) is 0 Å². The van der Waals surface area contributed by atoms with Gasteiger partial charge in [-0.25, -0.2) is 0 Å². The monoisotopic (exact) mass is 257 g/mol. The third-order valence-corrected chi connectivity index (χ3v) is 3.58. The first kappa shape index (κ1) is 14.0. The van der Waals surface area contributed by atoms with Crippen molar-refractivity contribution in [1.82, 2.24) is 4.90 Å². The summed E-state index contributed by atoms with van der Waals surface area (Å²) >= 11 is 0. The number of hydrogen-bond donors (Lipinski definition) is 1. The molecule has 0 aliphatic rings. The minimum Gasteiger partial charge on any atom is -0.387 e. The first-order valence-corrected chi connectivity index (χ1v) is 7.13. The number of fused-ring (bicyclic) bond motifs is 1. The Hall–Kier alpha value is -1.38. The Labute approximate surface area is 115 Å². The van der Waals surface area contributed by atoms with Gasteiger partial charge in [-0.2, -0.15) is 0 Å². The highest BCUT2D eigenvalue weighted by atomic mass is 16.3. The Balaban J connectivity index is 2.14. The fraction of sp³-hybridized carbons (Fsp3) is 0.412. The van der Waals surface area contributed by atoms with Gasteiger partial charge in [0, 0.05) is 6.54 Å². The summed E-state index contributed by atoms with van der Waals surface area (Å²) in [7, 11) is 0. The molecule has 2 aromatic carbocycles. The molecule has 2 rings (SSSR count). The number of aliphatic hydroxyl groups is 1. The highest BCUT2D eigenvalue weighted by molar-refractivity contribution is 5.83. The second kappa shape index (κ2) is 6.69. The van der Waals surface area contributed by atoms with Crippen LogP contribution in [0.2, 0.25) is 0 Å². The van der Waals surface area contributed by atoms with E-state index in [9.17, 15) is 5.11 Å². The average Bonchev–Trinajstić information content (AvgIpc) is 2.46. The van der Waals surface area contributed by atoms with E-state index < -0.39 is 6.10 Å². The number of aliphatic hydroxyl groups excluding tert-OH is 1. The Bertz CT molecular complexity index is 523. The van der Waals surface area contributed by atoms with Crippen LogP contribution in [-0.2, 0) is 0 Å². The molecule has 0 spiro atoms. The predicted molar refractivity (Wildman–Crippen MR) is 81.3 cm³/mol. The van der Waals surface area contributed by atoms with Crippen molar-refractivity contribution in [3.63, 3.8) is 0 Å². The molecule has 2 aromatic rings. The molecule has 0 aromatic heterocycles. The summed E-state index contributed by atoms with van der Waals surface area (Å²) in [6.45, 7) is 7.05. The van der Waals surface area contributed by atoms with Crippen molar-refractivity contribution in [1.29, 1.82) is 0 Å². The molecule has 0 radical (unpaired) electrons. The van der Waals surface area contributed by atoms with E-state index in [0.717, 1.165) is 25.1 Å². The van der Waals surface area contributed by atoms with Gasteiger partial charge in [0.1, 0.15) is 0 Å². The fourth-order valence-corrected chi connectivity index (χ4v) is 2.46. The van der Waals surface area contributed by atoms with Crippen molar-refractivity contribution >= 4 is 10.8 Å². The lowest BCUT2D eigenvalue weighted by atomic mass is 10.0. The van der Waals surface area contributed by atoms with E-state index in [0.29, 0.717) is 6.54 Å². The molecule has 0 heterocycles. The molecule has 0 amide bonds. The van der Waals surface area contributed by atoms with E-state index in [1.54, 1.807) is 0 Å². The molecule has 2 heteroatoms. The second-order valence-electron chi connectivity index (χ2n) is 5.02. The molecule has 1 unspecified atom stereocenters. The lowest BCUT2D eigenvalue weighted by Crippen LogP contribution is -2.29. The molecule has 2 nitrogen and oxygen atoms in total. The highest BCUT2D eigenvalue weighted by Gasteiger charge is 2.12. The number of nitrogens with zero attached hydrogens (tertiary/aromatic N) is 1. The summed E-state index contributed by atoms with van der Waals surface area (Å²) in [6.07, 6.45) is 0.717. The van der Waals surface area contributed by atoms with Crippen molar-refractivity contribution in [2.45, 2.75) is 26.4 Å². The van der Waals surface area contributed by atoms with E-state index in [2.05, 4.69) is 43.0 Å². The SMILES string of the molecule is CCCN(CC)CC(O)c1ccc2ccccc2c1. The quantitative estimate of drug-likeness (QED) is 0.854. The molecule has 0 aliphatic carbocycles. The van der Waals surface area contributed by atoms with E-state index >= 15 is 0 Å². The largest absolute Gasteiger partial charge is 0.387 e. The summed E-state index contributed by atoms with van der Waals surface area (Å²) in [6, 6.07) is 14.5. The van der Waals surface area contributed by atoms with Crippen LogP contribution in [0.5, 0.6) is 0 Å². The minimum atomic E-state index is -0.406. The summed E-state index contributed by atoms with van der Waals surface area (Å²) in [5, 5.41) is 12.8. The molecule has 0 fully saturated rings. The van der Waals surface area contributed by atoms with E-state index in [1.165, 1.54) is 10.8 Å². The Morgan fingerprint density at radius 1 is 1.05 bits per heavy atom. The Morgan fingerprint density at radius 2 is 1.79 bits per heavy atom. The van der Waals surface area contributed by atoms with Gasteiger partial charge in [-0.3, -0.25) is 0 Å². The van der Waals surface area contributed by atoms with Gasteiger partial charge >= 0.3 is 0 Å². The maximum absolute atomic E-state index is 10.4. The molecule has 1 atom stereocenters. The molecule has 0 aliphatic heterocycles. The number of hydrogen-bond acceptors (Lipinski definition) is 2. The van der Waals surface area contributed by atoms with Crippen LogP contribution in [0.25, 0.3) is 10.8 Å². The topological polar surface area (TPSA) is 23.5 Å². The van der Waals surface area contributed by atoms with E-state index in [1.807, 2.05) is 18.2 Å². The number of likely N-dealkylation sites (N-methyl/N-ethyl adjacent to an activating group) is 1. The van der Waals surface area contributed by atoms with Crippen LogP contribution < -0.4 is 0 Å². The van der Waals surface area contributed by atoms with Gasteiger partial charge in [0.25, 0.3) is 0 Å². The zero-order valence-corrected chi connectivity index (χ0v) is 11.8. The average molecular weight is 257 g/mol. The molecule has 102 valence electrons. The molecule has 0 saturated heterocycles. The van der Waals surface area contributed by atoms with Crippen LogP contribution in [0.4, 0.5) is 0 Å². The van der Waals surface area contributed by atoms with Gasteiger partial charge in [0.05, 0.1) is 6.10 Å². The van der Waals surface area contributed by atoms with Crippen molar-refractivity contribution in [2.24, 2.45) is 0 Å². The number of benzene rings is 2. The first-order valence-electron chi connectivity index (χ1n) is 7.13. The predicted octanol–water partition coefficient (Wildman–Crippen LogP) is 3.61. The van der Waals surface area contributed by atoms with Crippen LogP contribution in [0, 0.1) is 0 Å². The fourth-order valence-electron chi connectivity index (χ4n) is 2.46. The van der Waals surface area contributed by atoms with Gasteiger partial charge in [0.15, 0.2) is 0 Å². The van der Waals surface area contributed by atoms with Crippen molar-refractivity contribution in [2.75, 3.05) is 19.6 Å². The normalized spacial score (nSPS) is 13.1. The van der Waals surface area contributed by atoms with Gasteiger partial charge in [-0.1, -0.05) is 50.2 Å². The Morgan fingerprint density at radius 3 is 2.47 bits per heavy atom. The summed E-state index contributed by atoms with van der Waals surface area (Å²) in [5.74, 6) is 0. The summed E-state index contributed by atoms with van der Waals surface area (Å²) in [4.78, 5) is 2.29. The molecular weight excluding hydrogens is 234 g/mol. The van der Waals surface area contributed by atoms with Crippen LogP contribution in [0.15, 0.2) is 42.5 Å². The van der Waals surface area contributed by atoms with Crippen molar-refractivity contribution in [3.8, 4) is 0 Å². The standard InChI is InChI=1S/C17H23NO/c1-3-11-18(4-2)13-17(19)16-10-9-14-7-5-6-8-15(14)12-16/h5-10,12,17,19H,3-4,11,13H2,1-2H3. The number of rotatable bonds is 6. The Kier molecular flexibility index (Phi) is 4.94. The zero-order chi connectivity index (χ0) is 13.7. The van der Waals surface area contributed by atoms with Crippen LogP contribution in [-0.4, -0.2) is 29.6 Å². The highest BCUT2D eigenvalue weighted by Crippen LogP contribution is 2.21. The lowest BCUT2D eigenvalue weighted by Gasteiger charge is -2.23. The molecule has 19 heavy (non-hydrogen) atoms. The van der Waals surface area contributed by atoms with Gasteiger partial charge in [0.2, 0.25) is 0 Å². The van der Waals surface area contributed by atoms with Gasteiger partial charge in [-0.05, 0) is 41.9 Å². The zero-order valence-electron chi connectivity index (χ0n) is 11.8. The molecule has 0 saturated carbocycles. The van der Waals surface area contributed by atoms with Crippen LogP contribution in [0.3, 0.4) is 0 Å². The minimum absolute atomic E-state index is 0.406. The van der Waals surface area contributed by atoms with Gasteiger partial charge in [-0.15, -0.1) is 0 Å². The van der Waals surface area contributed by atoms with Crippen LogP contribution in [0.1, 0.15) is 31.9 Å². The lowest BCUT2D eigenvalue weighted by molar-refractivity contribution is 0.116. The molecule has 0 bridgehead atoms. The maximum Gasteiger partial charge on any atom is 0.0917 e. The summed E-state index contributed by atoms with van der Waals surface area (Å²) in [5.41, 5.74) is 1.01. The second-order valence-corrected chi connectivity index (χ2v) is 5.02. The third-order valence-electron chi connectivity index (χ3n) is 3.58. The summed E-state index contributed by atoms with van der Waals surface area (Å²) < 4.78 is 0. The molecular formula is C17H23NO. The van der Waals surface area contributed by atoms with Crippen molar-refractivity contribution in [3.05, 3.63) is 48.0 Å². The molecule has 1 N–H and O–H groups in total. The smallest absolute Gasteiger partial charge is 0.0917 e. The maximum atomic E-state index is 10.4. The van der Waals surface area contributed by atoms with Gasteiger partial charge < -0.3 is 10.0 Å². The van der Waals surface area contributed by atoms with E-state index in [-0.39, 0.29) is 0 Å². The van der Waals surface area contributed by atoms with Crippen LogP contribution >= 0.6 is 0 Å².